The van der Waals surface area contributed by atoms with Crippen LogP contribution in [0.25, 0.3) is 21.9 Å². The average molecular weight is 381 g/mol. The van der Waals surface area contributed by atoms with Crippen molar-refractivity contribution in [2.24, 2.45) is 0 Å². The maximum Gasteiger partial charge on any atom is 0.356 e. The highest BCUT2D eigenvalue weighted by atomic mass is 16.5. The maximum atomic E-state index is 12.2. The van der Waals surface area contributed by atoms with Gasteiger partial charge in [-0.15, -0.1) is 0 Å². The summed E-state index contributed by atoms with van der Waals surface area (Å²) in [6, 6.07) is 9.99. The number of aromatic hydroxyl groups is 1. The molecule has 0 aliphatic rings. The predicted octanol–water partition coefficient (Wildman–Crippen LogP) is 2.93. The molecule has 4 rings (SSSR count). The Labute approximate surface area is 157 Å². The highest BCUT2D eigenvalue weighted by Gasteiger charge is 2.17. The van der Waals surface area contributed by atoms with E-state index < -0.39 is 23.0 Å². The van der Waals surface area contributed by atoms with Crippen LogP contribution in [0.5, 0.6) is 17.2 Å². The third-order valence-corrected chi connectivity index (χ3v) is 4.15. The standard InChI is InChI=1S/C19H15N3O6/c1-22(2)19-20-13-8-10(4-6-14(13)28-19)27-9-3-5-11-12(7-9)17(24)21-15(16(11)23)18(25)26/h3-8,23H,1-2H3,(H,21,24)(H,25,26). The molecule has 9 nitrogen and oxygen atoms in total. The molecule has 142 valence electrons. The van der Waals surface area contributed by atoms with Crippen LogP contribution < -0.4 is 15.2 Å². The fourth-order valence-electron chi connectivity index (χ4n) is 2.80. The van der Waals surface area contributed by atoms with Crippen LogP contribution >= 0.6 is 0 Å². The number of anilines is 1. The molecule has 2 aromatic carbocycles. The van der Waals surface area contributed by atoms with E-state index in [2.05, 4.69) is 9.97 Å². The summed E-state index contributed by atoms with van der Waals surface area (Å²) < 4.78 is 11.4. The normalized spacial score (nSPS) is 11.1. The van der Waals surface area contributed by atoms with Crippen LogP contribution in [0.1, 0.15) is 10.5 Å². The van der Waals surface area contributed by atoms with Crippen molar-refractivity contribution in [2.75, 3.05) is 19.0 Å². The van der Waals surface area contributed by atoms with Gasteiger partial charge in [0.05, 0.1) is 5.39 Å². The van der Waals surface area contributed by atoms with E-state index in [0.717, 1.165) is 0 Å². The Balaban J connectivity index is 1.73. The average Bonchev–Trinajstić information content (AvgIpc) is 3.08. The third kappa shape index (κ3) is 2.88. The summed E-state index contributed by atoms with van der Waals surface area (Å²) in [7, 11) is 3.64. The Morgan fingerprint density at radius 2 is 1.86 bits per heavy atom. The zero-order chi connectivity index (χ0) is 20.0. The number of carboxylic acid groups (broad SMARTS) is 1. The first-order chi connectivity index (χ1) is 13.3. The number of carboxylic acids is 1. The first-order valence-corrected chi connectivity index (χ1v) is 8.21. The molecule has 0 saturated heterocycles. The number of nitrogens with one attached hydrogen (secondary N) is 1. The minimum absolute atomic E-state index is 0.109. The number of nitrogens with zero attached hydrogens (tertiary/aromatic N) is 2. The molecule has 0 spiro atoms. The van der Waals surface area contributed by atoms with Crippen LogP contribution in [0.15, 0.2) is 45.6 Å². The van der Waals surface area contributed by atoms with E-state index >= 15 is 0 Å². The van der Waals surface area contributed by atoms with E-state index in [1.165, 1.54) is 18.2 Å². The lowest BCUT2D eigenvalue weighted by atomic mass is 10.1. The number of aromatic nitrogens is 2. The molecular weight excluding hydrogens is 366 g/mol. The molecule has 0 saturated carbocycles. The van der Waals surface area contributed by atoms with E-state index in [9.17, 15) is 14.7 Å². The van der Waals surface area contributed by atoms with Crippen LogP contribution in [-0.2, 0) is 0 Å². The van der Waals surface area contributed by atoms with Crippen molar-refractivity contribution in [1.82, 2.24) is 9.97 Å². The molecule has 0 aliphatic carbocycles. The zero-order valence-electron chi connectivity index (χ0n) is 14.9. The number of H-pyrrole nitrogens is 1. The van der Waals surface area contributed by atoms with Crippen LogP contribution in [0.4, 0.5) is 6.01 Å². The summed E-state index contributed by atoms with van der Waals surface area (Å²) in [5.41, 5.74) is 0.0262. The zero-order valence-corrected chi connectivity index (χ0v) is 14.9. The molecule has 4 aromatic rings. The van der Waals surface area contributed by atoms with Crippen molar-refractivity contribution < 1.29 is 24.2 Å². The second kappa shape index (κ2) is 6.31. The van der Waals surface area contributed by atoms with Crippen LogP contribution in [0.3, 0.4) is 0 Å². The number of hydrogen-bond acceptors (Lipinski definition) is 7. The fourth-order valence-corrected chi connectivity index (χ4v) is 2.80. The summed E-state index contributed by atoms with van der Waals surface area (Å²) in [6.07, 6.45) is 0. The smallest absolute Gasteiger partial charge is 0.356 e. The van der Waals surface area contributed by atoms with E-state index in [-0.39, 0.29) is 10.8 Å². The molecule has 0 fully saturated rings. The van der Waals surface area contributed by atoms with Crippen molar-refractivity contribution in [3.63, 3.8) is 0 Å². The van der Waals surface area contributed by atoms with Gasteiger partial charge in [-0.1, -0.05) is 0 Å². The monoisotopic (exact) mass is 381 g/mol. The van der Waals surface area contributed by atoms with Crippen molar-refractivity contribution >= 4 is 33.9 Å². The summed E-state index contributed by atoms with van der Waals surface area (Å²) in [5, 5.41) is 19.4. The van der Waals surface area contributed by atoms with E-state index in [1.807, 2.05) is 14.1 Å². The van der Waals surface area contributed by atoms with E-state index in [0.29, 0.717) is 28.6 Å². The number of rotatable bonds is 4. The Hall–Kier alpha value is -4.01. The fraction of sp³-hybridized carbons (Fsp3) is 0.105. The Morgan fingerprint density at radius 1 is 1.14 bits per heavy atom. The molecule has 28 heavy (non-hydrogen) atoms. The molecule has 3 N–H and O–H groups in total. The minimum atomic E-state index is -1.42. The Kier molecular flexibility index (Phi) is 3.92. The number of pyridine rings is 1. The van der Waals surface area contributed by atoms with Gasteiger partial charge in [-0.3, -0.25) is 4.79 Å². The topological polar surface area (TPSA) is 129 Å². The predicted molar refractivity (Wildman–Crippen MR) is 102 cm³/mol. The van der Waals surface area contributed by atoms with Crippen LogP contribution in [0, 0.1) is 0 Å². The van der Waals surface area contributed by atoms with Crippen molar-refractivity contribution in [2.45, 2.75) is 0 Å². The van der Waals surface area contributed by atoms with Crippen LogP contribution in [-0.4, -0.2) is 40.2 Å². The quantitative estimate of drug-likeness (QED) is 0.492. The van der Waals surface area contributed by atoms with Gasteiger partial charge in [-0.2, -0.15) is 4.98 Å². The molecule has 0 bridgehead atoms. The highest BCUT2D eigenvalue weighted by Crippen LogP contribution is 2.31. The molecule has 0 atom stereocenters. The van der Waals surface area contributed by atoms with Gasteiger partial charge in [0, 0.05) is 25.5 Å². The molecule has 9 heteroatoms. The number of oxazole rings is 1. The second-order valence-electron chi connectivity index (χ2n) is 6.31. The molecule has 0 amide bonds. The van der Waals surface area contributed by atoms with Gasteiger partial charge in [0.1, 0.15) is 17.0 Å². The van der Waals surface area contributed by atoms with Gasteiger partial charge in [0.2, 0.25) is 0 Å². The SMILES string of the molecule is CN(C)c1nc2cc(Oc3ccc4c(O)c(C(=O)O)[nH]c(=O)c4c3)ccc2o1. The van der Waals surface area contributed by atoms with Crippen molar-refractivity contribution in [1.29, 1.82) is 0 Å². The van der Waals surface area contributed by atoms with Gasteiger partial charge >= 0.3 is 5.97 Å². The number of carbonyl (C=O) groups is 1. The lowest BCUT2D eigenvalue weighted by Gasteiger charge is -2.08. The maximum absolute atomic E-state index is 12.2. The van der Waals surface area contributed by atoms with Crippen molar-refractivity contribution in [3.05, 3.63) is 52.4 Å². The summed E-state index contributed by atoms with van der Waals surface area (Å²) in [5.74, 6) is -1.10. The number of fused-ring (bicyclic) bond motifs is 2. The lowest BCUT2D eigenvalue weighted by molar-refractivity contribution is 0.0687. The molecule has 0 aliphatic heterocycles. The van der Waals surface area contributed by atoms with Gasteiger partial charge in [0.15, 0.2) is 17.0 Å². The Morgan fingerprint density at radius 3 is 2.57 bits per heavy atom. The molecule has 2 aromatic heterocycles. The summed E-state index contributed by atoms with van der Waals surface area (Å²) in [6.45, 7) is 0. The van der Waals surface area contributed by atoms with Gasteiger partial charge < -0.3 is 29.3 Å². The number of aromatic carboxylic acids is 1. The second-order valence-corrected chi connectivity index (χ2v) is 6.31. The number of aromatic amines is 1. The van der Waals surface area contributed by atoms with Gasteiger partial charge in [-0.25, -0.2) is 4.79 Å². The van der Waals surface area contributed by atoms with E-state index in [1.54, 1.807) is 23.1 Å². The largest absolute Gasteiger partial charge is 0.505 e. The summed E-state index contributed by atoms with van der Waals surface area (Å²) >= 11 is 0. The molecular formula is C19H15N3O6. The number of ether oxygens (including phenoxy) is 1. The third-order valence-electron chi connectivity index (χ3n) is 4.15. The molecule has 0 unspecified atom stereocenters. The minimum Gasteiger partial charge on any atom is -0.505 e. The van der Waals surface area contributed by atoms with Crippen molar-refractivity contribution in [3.8, 4) is 17.2 Å². The number of hydrogen-bond donors (Lipinski definition) is 3. The summed E-state index contributed by atoms with van der Waals surface area (Å²) in [4.78, 5) is 31.5. The van der Waals surface area contributed by atoms with Crippen LogP contribution in [0.2, 0.25) is 0 Å². The number of benzene rings is 2. The van der Waals surface area contributed by atoms with Gasteiger partial charge in [0.25, 0.3) is 11.6 Å². The molecule has 2 heterocycles. The van der Waals surface area contributed by atoms with Gasteiger partial charge in [-0.05, 0) is 30.3 Å². The highest BCUT2D eigenvalue weighted by molar-refractivity contribution is 5.98. The first kappa shape index (κ1) is 17.4. The lowest BCUT2D eigenvalue weighted by Crippen LogP contribution is -2.13. The first-order valence-electron chi connectivity index (χ1n) is 8.21. The van der Waals surface area contributed by atoms with E-state index in [4.69, 9.17) is 14.3 Å². The molecule has 0 radical (unpaired) electrons. The Bertz CT molecular complexity index is 1290.